The van der Waals surface area contributed by atoms with Gasteiger partial charge in [0.25, 0.3) is 0 Å². The van der Waals surface area contributed by atoms with Crippen LogP contribution in [0.5, 0.6) is 5.75 Å². The third-order valence-corrected chi connectivity index (χ3v) is 4.90. The second kappa shape index (κ2) is 8.19. The Balaban J connectivity index is 1.62. The molecular formula is C22H27NO2. The summed E-state index contributed by atoms with van der Waals surface area (Å²) in [5, 5.41) is 0. The van der Waals surface area contributed by atoms with Crippen LogP contribution in [0.15, 0.2) is 48.5 Å². The van der Waals surface area contributed by atoms with E-state index in [1.54, 1.807) is 0 Å². The number of hydrogen-bond donors (Lipinski definition) is 0. The molecule has 3 nitrogen and oxygen atoms in total. The summed E-state index contributed by atoms with van der Waals surface area (Å²) in [7, 11) is 0. The van der Waals surface area contributed by atoms with E-state index in [0.29, 0.717) is 13.0 Å². The van der Waals surface area contributed by atoms with Gasteiger partial charge >= 0.3 is 0 Å². The van der Waals surface area contributed by atoms with Crippen LogP contribution in [0.1, 0.15) is 48.9 Å². The number of amides is 1. The molecular weight excluding hydrogens is 310 g/mol. The summed E-state index contributed by atoms with van der Waals surface area (Å²) in [6, 6.07) is 16.9. The molecule has 3 rings (SSSR count). The lowest BCUT2D eigenvalue weighted by Gasteiger charge is -2.25. The lowest BCUT2D eigenvalue weighted by Crippen LogP contribution is -2.30. The minimum Gasteiger partial charge on any atom is -0.494 e. The molecule has 1 fully saturated rings. The Kier molecular flexibility index (Phi) is 5.75. The van der Waals surface area contributed by atoms with Crippen molar-refractivity contribution in [3.05, 3.63) is 65.2 Å². The molecule has 0 bridgehead atoms. The first-order valence-corrected chi connectivity index (χ1v) is 9.25. The number of hydrogen-bond acceptors (Lipinski definition) is 2. The zero-order valence-corrected chi connectivity index (χ0v) is 15.2. The van der Waals surface area contributed by atoms with E-state index < -0.39 is 0 Å². The van der Waals surface area contributed by atoms with Crippen molar-refractivity contribution in [2.75, 3.05) is 13.2 Å². The fourth-order valence-corrected chi connectivity index (χ4v) is 3.51. The number of carbonyl (C=O) groups is 1. The summed E-state index contributed by atoms with van der Waals surface area (Å²) in [6.07, 6.45) is 3.51. The fourth-order valence-electron chi connectivity index (χ4n) is 3.51. The van der Waals surface area contributed by atoms with E-state index in [0.717, 1.165) is 31.6 Å². The molecule has 1 aliphatic heterocycles. The number of benzene rings is 2. The van der Waals surface area contributed by atoms with Gasteiger partial charge in [-0.2, -0.15) is 0 Å². The van der Waals surface area contributed by atoms with Crippen molar-refractivity contribution in [2.45, 2.75) is 45.6 Å². The van der Waals surface area contributed by atoms with Crippen molar-refractivity contribution in [3.8, 4) is 5.75 Å². The van der Waals surface area contributed by atoms with Gasteiger partial charge in [-0.05, 0) is 56.4 Å². The molecule has 1 aliphatic rings. The van der Waals surface area contributed by atoms with Crippen LogP contribution in [0, 0.1) is 6.92 Å². The highest BCUT2D eigenvalue weighted by atomic mass is 16.5. The molecule has 0 spiro atoms. The predicted octanol–water partition coefficient (Wildman–Crippen LogP) is 4.69. The maximum Gasteiger partial charge on any atom is 0.223 e. The van der Waals surface area contributed by atoms with E-state index in [1.165, 1.54) is 16.7 Å². The lowest BCUT2D eigenvalue weighted by molar-refractivity contribution is -0.132. The molecule has 2 aromatic carbocycles. The zero-order chi connectivity index (χ0) is 17.6. The maximum absolute atomic E-state index is 12.7. The predicted molar refractivity (Wildman–Crippen MR) is 101 cm³/mol. The van der Waals surface area contributed by atoms with E-state index in [-0.39, 0.29) is 11.9 Å². The van der Waals surface area contributed by atoms with Crippen LogP contribution in [0.2, 0.25) is 0 Å². The number of likely N-dealkylation sites (tertiary alicyclic amines) is 1. The van der Waals surface area contributed by atoms with Crippen LogP contribution in [0.3, 0.4) is 0 Å². The van der Waals surface area contributed by atoms with E-state index in [9.17, 15) is 4.79 Å². The summed E-state index contributed by atoms with van der Waals surface area (Å²) in [6.45, 7) is 5.61. The van der Waals surface area contributed by atoms with Gasteiger partial charge in [-0.15, -0.1) is 0 Å². The van der Waals surface area contributed by atoms with Gasteiger partial charge in [-0.3, -0.25) is 4.79 Å². The summed E-state index contributed by atoms with van der Waals surface area (Å²) in [5.74, 6) is 1.15. The van der Waals surface area contributed by atoms with Crippen LogP contribution in [0.4, 0.5) is 0 Å². The molecule has 1 unspecified atom stereocenters. The highest BCUT2D eigenvalue weighted by Crippen LogP contribution is 2.33. The largest absolute Gasteiger partial charge is 0.494 e. The van der Waals surface area contributed by atoms with E-state index in [4.69, 9.17) is 4.74 Å². The molecule has 25 heavy (non-hydrogen) atoms. The van der Waals surface area contributed by atoms with Crippen LogP contribution >= 0.6 is 0 Å². The standard InChI is InChI=1S/C22H27NO2/c1-3-25-20-13-11-19(12-14-20)21-5-4-16-23(21)22(24)15-10-18-8-6-17(2)7-9-18/h6-9,11-14,21H,3-5,10,15-16H2,1-2H3. The quantitative estimate of drug-likeness (QED) is 0.765. The van der Waals surface area contributed by atoms with Crippen molar-refractivity contribution < 1.29 is 9.53 Å². The number of ether oxygens (including phenoxy) is 1. The smallest absolute Gasteiger partial charge is 0.223 e. The van der Waals surface area contributed by atoms with Crippen molar-refractivity contribution in [1.82, 2.24) is 4.90 Å². The minimum atomic E-state index is 0.209. The number of nitrogens with zero attached hydrogens (tertiary/aromatic N) is 1. The molecule has 0 radical (unpaired) electrons. The van der Waals surface area contributed by atoms with Crippen LogP contribution in [0.25, 0.3) is 0 Å². The summed E-state index contributed by atoms with van der Waals surface area (Å²) < 4.78 is 5.51. The second-order valence-electron chi connectivity index (χ2n) is 6.73. The molecule has 0 aliphatic carbocycles. The first-order chi connectivity index (χ1) is 12.2. The fraction of sp³-hybridized carbons (Fsp3) is 0.409. The van der Waals surface area contributed by atoms with E-state index >= 15 is 0 Å². The average molecular weight is 337 g/mol. The van der Waals surface area contributed by atoms with E-state index in [1.807, 2.05) is 19.1 Å². The topological polar surface area (TPSA) is 29.5 Å². The normalized spacial score (nSPS) is 16.9. The van der Waals surface area contributed by atoms with Crippen molar-refractivity contribution >= 4 is 5.91 Å². The van der Waals surface area contributed by atoms with Gasteiger partial charge in [0.2, 0.25) is 5.91 Å². The average Bonchev–Trinajstić information content (AvgIpc) is 3.12. The Morgan fingerprint density at radius 2 is 1.84 bits per heavy atom. The molecule has 0 aromatic heterocycles. The minimum absolute atomic E-state index is 0.209. The van der Waals surface area contributed by atoms with Gasteiger partial charge in [-0.1, -0.05) is 42.0 Å². The SMILES string of the molecule is CCOc1ccc(C2CCCN2C(=O)CCc2ccc(C)cc2)cc1. The first-order valence-electron chi connectivity index (χ1n) is 9.25. The Bertz CT molecular complexity index is 691. The molecule has 2 aromatic rings. The first kappa shape index (κ1) is 17.5. The lowest BCUT2D eigenvalue weighted by atomic mass is 10.0. The highest BCUT2D eigenvalue weighted by Gasteiger charge is 2.29. The maximum atomic E-state index is 12.7. The second-order valence-corrected chi connectivity index (χ2v) is 6.73. The molecule has 1 heterocycles. The van der Waals surface area contributed by atoms with Gasteiger partial charge in [0.15, 0.2) is 0 Å². The molecule has 1 saturated heterocycles. The molecule has 0 N–H and O–H groups in total. The summed E-state index contributed by atoms with van der Waals surface area (Å²) >= 11 is 0. The summed E-state index contributed by atoms with van der Waals surface area (Å²) in [4.78, 5) is 14.8. The molecule has 1 amide bonds. The van der Waals surface area contributed by atoms with Crippen LogP contribution in [-0.2, 0) is 11.2 Å². The van der Waals surface area contributed by atoms with Crippen molar-refractivity contribution in [1.29, 1.82) is 0 Å². The van der Waals surface area contributed by atoms with Gasteiger partial charge < -0.3 is 9.64 Å². The highest BCUT2D eigenvalue weighted by molar-refractivity contribution is 5.77. The molecule has 132 valence electrons. The Labute approximate surface area is 150 Å². The molecule has 3 heteroatoms. The third-order valence-electron chi connectivity index (χ3n) is 4.90. The van der Waals surface area contributed by atoms with Gasteiger partial charge in [0.1, 0.15) is 5.75 Å². The molecule has 0 saturated carbocycles. The van der Waals surface area contributed by atoms with Gasteiger partial charge in [0.05, 0.1) is 12.6 Å². The zero-order valence-electron chi connectivity index (χ0n) is 15.2. The van der Waals surface area contributed by atoms with Gasteiger partial charge in [-0.25, -0.2) is 0 Å². The number of aryl methyl sites for hydroxylation is 2. The Hall–Kier alpha value is -2.29. The van der Waals surface area contributed by atoms with Crippen molar-refractivity contribution in [2.24, 2.45) is 0 Å². The van der Waals surface area contributed by atoms with Crippen LogP contribution < -0.4 is 4.74 Å². The summed E-state index contributed by atoms with van der Waals surface area (Å²) in [5.41, 5.74) is 3.70. The Morgan fingerprint density at radius 3 is 2.52 bits per heavy atom. The third kappa shape index (κ3) is 4.41. The number of rotatable bonds is 6. The van der Waals surface area contributed by atoms with Gasteiger partial charge in [0, 0.05) is 13.0 Å². The molecule has 1 atom stereocenters. The van der Waals surface area contributed by atoms with E-state index in [2.05, 4.69) is 48.2 Å². The Morgan fingerprint density at radius 1 is 1.12 bits per heavy atom. The number of carbonyl (C=O) groups excluding carboxylic acids is 1. The monoisotopic (exact) mass is 337 g/mol. The van der Waals surface area contributed by atoms with Crippen molar-refractivity contribution in [3.63, 3.8) is 0 Å². The van der Waals surface area contributed by atoms with Crippen LogP contribution in [-0.4, -0.2) is 24.0 Å².